The molecule has 0 aliphatic heterocycles. The van der Waals surface area contributed by atoms with Gasteiger partial charge >= 0.3 is 0 Å². The van der Waals surface area contributed by atoms with E-state index in [0.29, 0.717) is 28.2 Å². The molecule has 0 unspecified atom stereocenters. The second-order valence-electron chi connectivity index (χ2n) is 3.89. The highest BCUT2D eigenvalue weighted by atomic mass is 16.5. The van der Waals surface area contributed by atoms with E-state index in [2.05, 4.69) is 20.2 Å². The highest BCUT2D eigenvalue weighted by Gasteiger charge is 2.11. The van der Waals surface area contributed by atoms with Crippen LogP contribution < -0.4 is 10.5 Å². The van der Waals surface area contributed by atoms with Crippen LogP contribution in [0.5, 0.6) is 11.6 Å². The fraction of sp³-hybridized carbons (Fsp3) is 0.0833. The number of fused-ring (bicyclic) bond motifs is 1. The van der Waals surface area contributed by atoms with Gasteiger partial charge in [-0.2, -0.15) is 15.1 Å². The zero-order valence-corrected chi connectivity index (χ0v) is 9.87. The second-order valence-corrected chi connectivity index (χ2v) is 3.89. The fourth-order valence-corrected chi connectivity index (χ4v) is 1.74. The molecule has 0 spiro atoms. The third kappa shape index (κ3) is 2.06. The van der Waals surface area contributed by atoms with Crippen LogP contribution in [0.15, 0.2) is 30.5 Å². The fourth-order valence-electron chi connectivity index (χ4n) is 1.74. The number of anilines is 1. The van der Waals surface area contributed by atoms with Gasteiger partial charge in [-0.1, -0.05) is 18.2 Å². The standard InChI is InChI=1S/C12H11N5O2/c13-12-15-10-8(5-14-17-10)11(16-12)19-9-4-2-1-3-7(9)6-18/h1-5,18H,6H2,(H3,13,14,15,16,17). The van der Waals surface area contributed by atoms with Crippen molar-refractivity contribution in [1.29, 1.82) is 0 Å². The third-order valence-electron chi connectivity index (χ3n) is 2.64. The SMILES string of the molecule is Nc1nc(Oc2ccccc2CO)c2cn[nH]c2n1. The van der Waals surface area contributed by atoms with E-state index in [4.69, 9.17) is 10.5 Å². The van der Waals surface area contributed by atoms with Gasteiger partial charge in [-0.25, -0.2) is 0 Å². The molecule has 7 heteroatoms. The number of ether oxygens (including phenoxy) is 1. The molecule has 3 aromatic rings. The van der Waals surface area contributed by atoms with Crippen LogP contribution in [-0.4, -0.2) is 25.3 Å². The van der Waals surface area contributed by atoms with Crippen LogP contribution in [0.3, 0.4) is 0 Å². The monoisotopic (exact) mass is 257 g/mol. The molecular weight excluding hydrogens is 246 g/mol. The van der Waals surface area contributed by atoms with Crippen molar-refractivity contribution in [2.75, 3.05) is 5.73 Å². The molecule has 3 rings (SSSR count). The van der Waals surface area contributed by atoms with Gasteiger partial charge < -0.3 is 15.6 Å². The molecule has 1 aromatic carbocycles. The van der Waals surface area contributed by atoms with Crippen molar-refractivity contribution in [3.8, 4) is 11.6 Å². The lowest BCUT2D eigenvalue weighted by atomic mass is 10.2. The number of aromatic nitrogens is 4. The molecule has 0 aliphatic carbocycles. The minimum absolute atomic E-state index is 0.0910. The van der Waals surface area contributed by atoms with Gasteiger partial charge in [-0.05, 0) is 6.07 Å². The number of aliphatic hydroxyl groups is 1. The van der Waals surface area contributed by atoms with Gasteiger partial charge in [0.2, 0.25) is 11.8 Å². The summed E-state index contributed by atoms with van der Waals surface area (Å²) in [5.41, 5.74) is 6.78. The number of nitrogens with zero attached hydrogens (tertiary/aromatic N) is 3. The van der Waals surface area contributed by atoms with E-state index in [1.165, 1.54) is 0 Å². The Labute approximate surface area is 108 Å². The number of hydrogen-bond donors (Lipinski definition) is 3. The first-order valence-corrected chi connectivity index (χ1v) is 5.61. The first-order valence-electron chi connectivity index (χ1n) is 5.61. The Hall–Kier alpha value is -2.67. The van der Waals surface area contributed by atoms with Crippen LogP contribution >= 0.6 is 0 Å². The van der Waals surface area contributed by atoms with Crippen LogP contribution in [-0.2, 0) is 6.61 Å². The van der Waals surface area contributed by atoms with E-state index >= 15 is 0 Å². The zero-order valence-electron chi connectivity index (χ0n) is 9.87. The third-order valence-corrected chi connectivity index (χ3v) is 2.64. The molecule has 2 aromatic heterocycles. The maximum Gasteiger partial charge on any atom is 0.235 e. The summed E-state index contributed by atoms with van der Waals surface area (Å²) in [6, 6.07) is 7.15. The number of nitrogen functional groups attached to an aromatic ring is 1. The van der Waals surface area contributed by atoms with Gasteiger partial charge in [0.05, 0.1) is 12.8 Å². The lowest BCUT2D eigenvalue weighted by molar-refractivity contribution is 0.276. The van der Waals surface area contributed by atoms with E-state index < -0.39 is 0 Å². The van der Waals surface area contributed by atoms with Crippen LogP contribution in [0.25, 0.3) is 11.0 Å². The smallest absolute Gasteiger partial charge is 0.235 e. The molecule has 0 amide bonds. The molecule has 0 bridgehead atoms. The molecular formula is C12H11N5O2. The van der Waals surface area contributed by atoms with Gasteiger partial charge in [0.15, 0.2) is 5.65 Å². The highest BCUT2D eigenvalue weighted by molar-refractivity contribution is 5.80. The first-order chi connectivity index (χ1) is 9.28. The molecule has 4 N–H and O–H groups in total. The minimum atomic E-state index is -0.120. The summed E-state index contributed by atoms with van der Waals surface area (Å²) in [6.45, 7) is -0.120. The number of para-hydroxylation sites is 1. The van der Waals surface area contributed by atoms with Crippen molar-refractivity contribution in [3.63, 3.8) is 0 Å². The van der Waals surface area contributed by atoms with Crippen molar-refractivity contribution in [2.45, 2.75) is 6.61 Å². The Morgan fingerprint density at radius 1 is 1.26 bits per heavy atom. The number of H-pyrrole nitrogens is 1. The molecule has 96 valence electrons. The second kappa shape index (κ2) is 4.54. The number of nitrogens with two attached hydrogens (primary N) is 1. The van der Waals surface area contributed by atoms with Gasteiger partial charge in [0, 0.05) is 5.56 Å². The van der Waals surface area contributed by atoms with Gasteiger partial charge in [0.25, 0.3) is 0 Å². The lowest BCUT2D eigenvalue weighted by Gasteiger charge is -2.09. The summed E-state index contributed by atoms with van der Waals surface area (Å²) >= 11 is 0. The van der Waals surface area contributed by atoms with E-state index in [9.17, 15) is 5.11 Å². The van der Waals surface area contributed by atoms with Gasteiger partial charge in [0.1, 0.15) is 11.1 Å². The molecule has 7 nitrogen and oxygen atoms in total. The zero-order chi connectivity index (χ0) is 13.2. The molecule has 19 heavy (non-hydrogen) atoms. The van der Waals surface area contributed by atoms with Crippen molar-refractivity contribution in [2.24, 2.45) is 0 Å². The van der Waals surface area contributed by atoms with Crippen molar-refractivity contribution in [3.05, 3.63) is 36.0 Å². The number of aliphatic hydroxyl groups excluding tert-OH is 1. The summed E-state index contributed by atoms with van der Waals surface area (Å²) in [4.78, 5) is 8.05. The number of benzene rings is 1. The Kier molecular flexibility index (Phi) is 2.73. The first kappa shape index (κ1) is 11.4. The topological polar surface area (TPSA) is 110 Å². The van der Waals surface area contributed by atoms with Crippen LogP contribution in [0.2, 0.25) is 0 Å². The van der Waals surface area contributed by atoms with Crippen molar-refractivity contribution in [1.82, 2.24) is 20.2 Å². The molecule has 0 aliphatic rings. The number of hydrogen-bond acceptors (Lipinski definition) is 6. The Balaban J connectivity index is 2.07. The summed E-state index contributed by atoms with van der Waals surface area (Å²) in [7, 11) is 0. The Morgan fingerprint density at radius 2 is 2.11 bits per heavy atom. The van der Waals surface area contributed by atoms with E-state index in [1.807, 2.05) is 12.1 Å². The lowest BCUT2D eigenvalue weighted by Crippen LogP contribution is -1.99. The van der Waals surface area contributed by atoms with Crippen LogP contribution in [0, 0.1) is 0 Å². The number of nitrogens with one attached hydrogen (secondary N) is 1. The van der Waals surface area contributed by atoms with E-state index in [-0.39, 0.29) is 12.6 Å². The maximum atomic E-state index is 9.27. The Bertz CT molecular complexity index is 725. The predicted octanol–water partition coefficient (Wildman–Crippen LogP) is 1.22. The van der Waals surface area contributed by atoms with Crippen molar-refractivity contribution >= 4 is 17.0 Å². The van der Waals surface area contributed by atoms with Crippen molar-refractivity contribution < 1.29 is 9.84 Å². The largest absolute Gasteiger partial charge is 0.438 e. The van der Waals surface area contributed by atoms with Gasteiger partial charge in [-0.15, -0.1) is 0 Å². The molecule has 0 saturated carbocycles. The quantitative estimate of drug-likeness (QED) is 0.650. The predicted molar refractivity (Wildman–Crippen MR) is 68.5 cm³/mol. The molecule has 0 fully saturated rings. The Morgan fingerprint density at radius 3 is 2.95 bits per heavy atom. The summed E-state index contributed by atoms with van der Waals surface area (Å²) in [5, 5.41) is 16.5. The highest BCUT2D eigenvalue weighted by Crippen LogP contribution is 2.29. The summed E-state index contributed by atoms with van der Waals surface area (Å²) in [5.74, 6) is 0.913. The minimum Gasteiger partial charge on any atom is -0.438 e. The number of aromatic amines is 1. The molecule has 2 heterocycles. The molecule has 0 radical (unpaired) electrons. The summed E-state index contributed by atoms with van der Waals surface area (Å²) < 4.78 is 5.70. The average molecular weight is 257 g/mol. The van der Waals surface area contributed by atoms with Gasteiger partial charge in [-0.3, -0.25) is 5.10 Å². The number of rotatable bonds is 3. The van der Waals surface area contributed by atoms with Crippen LogP contribution in [0.1, 0.15) is 5.56 Å². The average Bonchev–Trinajstić information content (AvgIpc) is 2.87. The maximum absolute atomic E-state index is 9.27. The summed E-state index contributed by atoms with van der Waals surface area (Å²) in [6.07, 6.45) is 1.56. The van der Waals surface area contributed by atoms with E-state index in [1.54, 1.807) is 18.3 Å². The van der Waals surface area contributed by atoms with Crippen LogP contribution in [0.4, 0.5) is 5.95 Å². The normalized spacial score (nSPS) is 10.8. The molecule has 0 saturated heterocycles. The van der Waals surface area contributed by atoms with E-state index in [0.717, 1.165) is 0 Å². The molecule has 0 atom stereocenters.